The summed E-state index contributed by atoms with van der Waals surface area (Å²) in [6.45, 7) is 1.71. The molecule has 0 aliphatic heterocycles. The van der Waals surface area contributed by atoms with Crippen LogP contribution in [-0.4, -0.2) is 18.4 Å². The molecule has 2 heterocycles. The second-order valence-corrected chi connectivity index (χ2v) is 6.11. The number of aromatic nitrogens is 2. The summed E-state index contributed by atoms with van der Waals surface area (Å²) in [4.78, 5) is 7.55. The predicted octanol–water partition coefficient (Wildman–Crippen LogP) is 2.49. The molecular formula is C11H9BrFN3O2S. The van der Waals surface area contributed by atoms with Gasteiger partial charge >= 0.3 is 0 Å². The largest absolute Gasteiger partial charge is 0.283 e. The highest BCUT2D eigenvalue weighted by atomic mass is 79.9. The fraction of sp³-hybridized carbons (Fsp3) is 0.0909. The van der Waals surface area contributed by atoms with E-state index >= 15 is 0 Å². The molecule has 19 heavy (non-hydrogen) atoms. The molecule has 1 N–H and O–H groups in total. The summed E-state index contributed by atoms with van der Waals surface area (Å²) >= 11 is 3.25. The molecule has 0 fully saturated rings. The molecule has 8 heteroatoms. The minimum absolute atomic E-state index is 0.103. The molecule has 0 spiro atoms. The number of hydrogen-bond acceptors (Lipinski definition) is 4. The lowest BCUT2D eigenvalue weighted by atomic mass is 10.4. The van der Waals surface area contributed by atoms with Crippen LogP contribution in [0.3, 0.4) is 0 Å². The van der Waals surface area contributed by atoms with Crippen molar-refractivity contribution in [3.63, 3.8) is 0 Å². The van der Waals surface area contributed by atoms with E-state index in [0.717, 1.165) is 10.5 Å². The standard InChI is InChI=1S/C11H9BrFN3O2S/c1-7-8(12)4-5-10(15-7)16-19(17,18)11-9(13)3-2-6-14-11/h2-6H,1H3,(H,15,16). The second kappa shape index (κ2) is 5.22. The van der Waals surface area contributed by atoms with E-state index in [1.165, 1.54) is 18.3 Å². The first-order valence-electron chi connectivity index (χ1n) is 5.16. The summed E-state index contributed by atoms with van der Waals surface area (Å²) < 4.78 is 40.3. The fourth-order valence-corrected chi connectivity index (χ4v) is 2.59. The zero-order chi connectivity index (χ0) is 14.0. The third kappa shape index (κ3) is 3.07. The van der Waals surface area contributed by atoms with Crippen LogP contribution in [0.15, 0.2) is 40.0 Å². The predicted molar refractivity (Wildman–Crippen MR) is 71.7 cm³/mol. The summed E-state index contributed by atoms with van der Waals surface area (Å²) in [5.74, 6) is -0.811. The van der Waals surface area contributed by atoms with E-state index in [0.29, 0.717) is 5.69 Å². The van der Waals surface area contributed by atoms with Crippen LogP contribution in [0.25, 0.3) is 0 Å². The Morgan fingerprint density at radius 2 is 2.05 bits per heavy atom. The molecule has 100 valence electrons. The average Bonchev–Trinajstić information content (AvgIpc) is 2.34. The minimum atomic E-state index is -4.09. The lowest BCUT2D eigenvalue weighted by Crippen LogP contribution is -2.17. The maximum absolute atomic E-state index is 13.4. The maximum atomic E-state index is 13.4. The molecule has 0 aliphatic carbocycles. The zero-order valence-electron chi connectivity index (χ0n) is 9.76. The summed E-state index contributed by atoms with van der Waals surface area (Å²) in [6.07, 6.45) is 1.21. The molecule has 0 aromatic carbocycles. The molecule has 0 amide bonds. The normalized spacial score (nSPS) is 11.3. The first kappa shape index (κ1) is 13.9. The van der Waals surface area contributed by atoms with Gasteiger partial charge in [-0.1, -0.05) is 0 Å². The number of nitrogens with zero attached hydrogens (tertiary/aromatic N) is 2. The summed E-state index contributed by atoms with van der Waals surface area (Å²) in [6, 6.07) is 5.46. The minimum Gasteiger partial charge on any atom is -0.262 e. The van der Waals surface area contributed by atoms with Gasteiger partial charge in [-0.25, -0.2) is 14.4 Å². The van der Waals surface area contributed by atoms with Crippen molar-refractivity contribution in [3.8, 4) is 0 Å². The Kier molecular flexibility index (Phi) is 3.81. The van der Waals surface area contributed by atoms with Crippen LogP contribution in [0.1, 0.15) is 5.69 Å². The highest BCUT2D eigenvalue weighted by Crippen LogP contribution is 2.19. The number of rotatable bonds is 3. The molecule has 0 aliphatic rings. The van der Waals surface area contributed by atoms with Crippen LogP contribution < -0.4 is 4.72 Å². The van der Waals surface area contributed by atoms with Gasteiger partial charge in [-0.2, -0.15) is 8.42 Å². The summed E-state index contributed by atoms with van der Waals surface area (Å²) in [5.41, 5.74) is 0.613. The highest BCUT2D eigenvalue weighted by Gasteiger charge is 2.21. The van der Waals surface area contributed by atoms with Gasteiger partial charge in [-0.05, 0) is 47.1 Å². The second-order valence-electron chi connectivity index (χ2n) is 3.66. The third-order valence-electron chi connectivity index (χ3n) is 2.24. The van der Waals surface area contributed by atoms with Gasteiger partial charge < -0.3 is 0 Å². The summed E-state index contributed by atoms with van der Waals surface area (Å²) in [5, 5.41) is -0.655. The Balaban J connectivity index is 2.37. The van der Waals surface area contributed by atoms with Gasteiger partial charge in [0.05, 0.1) is 5.69 Å². The number of halogens is 2. The quantitative estimate of drug-likeness (QED) is 0.927. The van der Waals surface area contributed by atoms with Crippen LogP contribution in [0.4, 0.5) is 10.2 Å². The van der Waals surface area contributed by atoms with Crippen molar-refractivity contribution in [1.29, 1.82) is 0 Å². The Labute approximate surface area is 118 Å². The van der Waals surface area contributed by atoms with E-state index in [2.05, 4.69) is 30.6 Å². The van der Waals surface area contributed by atoms with Crippen LogP contribution >= 0.6 is 15.9 Å². The van der Waals surface area contributed by atoms with E-state index in [9.17, 15) is 12.8 Å². The lowest BCUT2D eigenvalue weighted by molar-refractivity contribution is 0.556. The van der Waals surface area contributed by atoms with Gasteiger partial charge in [0.2, 0.25) is 5.03 Å². The molecular weight excluding hydrogens is 337 g/mol. The van der Waals surface area contributed by atoms with Crippen LogP contribution in [0.5, 0.6) is 0 Å². The maximum Gasteiger partial charge on any atom is 0.283 e. The lowest BCUT2D eigenvalue weighted by Gasteiger charge is -2.08. The van der Waals surface area contributed by atoms with Gasteiger partial charge in [0.1, 0.15) is 5.82 Å². The number of sulfonamides is 1. The number of nitrogens with one attached hydrogen (secondary N) is 1. The number of pyridine rings is 2. The average molecular weight is 346 g/mol. The Morgan fingerprint density at radius 3 is 2.68 bits per heavy atom. The first-order chi connectivity index (χ1) is 8.90. The van der Waals surface area contributed by atoms with Crippen molar-refractivity contribution in [3.05, 3.63) is 46.4 Å². The smallest absolute Gasteiger partial charge is 0.262 e. The SMILES string of the molecule is Cc1nc(NS(=O)(=O)c2ncccc2F)ccc1Br. The molecule has 2 aromatic rings. The molecule has 2 rings (SSSR count). The van der Waals surface area contributed by atoms with Crippen molar-refractivity contribution >= 4 is 31.8 Å². The number of hydrogen-bond donors (Lipinski definition) is 1. The van der Waals surface area contributed by atoms with Gasteiger partial charge in [-0.3, -0.25) is 4.72 Å². The molecule has 5 nitrogen and oxygen atoms in total. The van der Waals surface area contributed by atoms with Crippen LogP contribution in [-0.2, 0) is 10.0 Å². The van der Waals surface area contributed by atoms with Crippen molar-refractivity contribution in [2.24, 2.45) is 0 Å². The Morgan fingerprint density at radius 1 is 1.32 bits per heavy atom. The topological polar surface area (TPSA) is 72.0 Å². The third-order valence-corrected chi connectivity index (χ3v) is 4.37. The Hall–Kier alpha value is -1.54. The van der Waals surface area contributed by atoms with Crippen molar-refractivity contribution in [2.75, 3.05) is 4.72 Å². The molecule has 0 radical (unpaired) electrons. The van der Waals surface area contributed by atoms with Crippen molar-refractivity contribution < 1.29 is 12.8 Å². The van der Waals surface area contributed by atoms with Gasteiger partial charge in [-0.15, -0.1) is 0 Å². The van der Waals surface area contributed by atoms with Gasteiger partial charge in [0.25, 0.3) is 10.0 Å². The Bertz CT molecular complexity index is 722. The van der Waals surface area contributed by atoms with E-state index in [1.54, 1.807) is 13.0 Å². The molecule has 0 bridgehead atoms. The fourth-order valence-electron chi connectivity index (χ4n) is 1.36. The number of aryl methyl sites for hydroxylation is 1. The molecule has 0 atom stereocenters. The molecule has 0 unspecified atom stereocenters. The van der Waals surface area contributed by atoms with E-state index in [-0.39, 0.29) is 5.82 Å². The first-order valence-corrected chi connectivity index (χ1v) is 7.44. The molecule has 0 saturated carbocycles. The highest BCUT2D eigenvalue weighted by molar-refractivity contribution is 9.10. The van der Waals surface area contributed by atoms with E-state index < -0.39 is 20.9 Å². The van der Waals surface area contributed by atoms with Crippen molar-refractivity contribution in [1.82, 2.24) is 9.97 Å². The monoisotopic (exact) mass is 345 g/mol. The van der Waals surface area contributed by atoms with Gasteiger partial charge in [0, 0.05) is 10.7 Å². The molecule has 0 saturated heterocycles. The van der Waals surface area contributed by atoms with Crippen LogP contribution in [0.2, 0.25) is 0 Å². The number of anilines is 1. The van der Waals surface area contributed by atoms with E-state index in [4.69, 9.17) is 0 Å². The zero-order valence-corrected chi connectivity index (χ0v) is 12.2. The summed E-state index contributed by atoms with van der Waals surface area (Å²) in [7, 11) is -4.09. The van der Waals surface area contributed by atoms with E-state index in [1.807, 2.05) is 0 Å². The van der Waals surface area contributed by atoms with Crippen LogP contribution in [0, 0.1) is 12.7 Å². The van der Waals surface area contributed by atoms with Crippen molar-refractivity contribution in [2.45, 2.75) is 11.9 Å². The molecule has 2 aromatic heterocycles. The van der Waals surface area contributed by atoms with Gasteiger partial charge in [0.15, 0.2) is 5.82 Å².